The summed E-state index contributed by atoms with van der Waals surface area (Å²) >= 11 is 15.0. The molecule has 0 radical (unpaired) electrons. The normalized spacial score (nSPS) is 16.8. The van der Waals surface area contributed by atoms with Crippen molar-refractivity contribution in [2.75, 3.05) is 9.80 Å². The molecule has 0 aliphatic carbocycles. The number of carbonyl (C=O) groups is 2. The average molecular weight is 698 g/mol. The molecular formula is C35H22Cl2N4O4S2. The van der Waals surface area contributed by atoms with Crippen molar-refractivity contribution in [2.24, 2.45) is 0 Å². The van der Waals surface area contributed by atoms with Gasteiger partial charge in [-0.3, -0.25) is 19.3 Å². The Morgan fingerprint density at radius 1 is 0.915 bits per heavy atom. The van der Waals surface area contributed by atoms with Crippen molar-refractivity contribution in [1.82, 2.24) is 10.2 Å². The molecule has 2 amide bonds. The number of thioether (sulfide) groups is 1. The Morgan fingerprint density at radius 2 is 1.72 bits per heavy atom. The van der Waals surface area contributed by atoms with Crippen molar-refractivity contribution >= 4 is 79.9 Å². The van der Waals surface area contributed by atoms with Crippen LogP contribution < -0.4 is 15.2 Å². The summed E-state index contributed by atoms with van der Waals surface area (Å²) in [5.74, 6) is -0.808. The number of hydrogen-bond donors (Lipinski definition) is 0. The van der Waals surface area contributed by atoms with Gasteiger partial charge < -0.3 is 9.32 Å². The summed E-state index contributed by atoms with van der Waals surface area (Å²) < 4.78 is 6.71. The standard InChI is InChI=1S/C35H22Cl2N4O4S2/c1-19-7-6-8-20(15-19)17-40-26-11-4-3-10-24(26)35(32(40)44)28-29(42)23-9-2-5-12-27(23)45-30(28)31(43)41(35)33-38-39-34(47-33)46-18-21-13-14-22(36)16-25(21)37/h2-16H,17-18H2,1H3. The highest BCUT2D eigenvalue weighted by Crippen LogP contribution is 2.55. The lowest BCUT2D eigenvalue weighted by Crippen LogP contribution is -2.53. The number of aryl methyl sites for hydroxylation is 1. The van der Waals surface area contributed by atoms with Crippen LogP contribution in [0.25, 0.3) is 11.0 Å². The smallest absolute Gasteiger partial charge is 0.297 e. The van der Waals surface area contributed by atoms with Gasteiger partial charge in [0.05, 0.1) is 23.2 Å². The third-order valence-corrected chi connectivity index (χ3v) is 11.1. The predicted octanol–water partition coefficient (Wildman–Crippen LogP) is 8.00. The summed E-state index contributed by atoms with van der Waals surface area (Å²) in [6.07, 6.45) is 0. The molecule has 8 nitrogen and oxygen atoms in total. The van der Waals surface area contributed by atoms with E-state index in [4.69, 9.17) is 27.6 Å². The minimum atomic E-state index is -1.86. The molecule has 1 unspecified atom stereocenters. The first-order valence-electron chi connectivity index (χ1n) is 14.6. The van der Waals surface area contributed by atoms with E-state index in [-0.39, 0.29) is 34.0 Å². The van der Waals surface area contributed by atoms with Gasteiger partial charge in [0.1, 0.15) is 5.58 Å². The van der Waals surface area contributed by atoms with Crippen LogP contribution in [0, 0.1) is 6.92 Å². The maximum absolute atomic E-state index is 15.1. The zero-order valence-corrected chi connectivity index (χ0v) is 27.7. The lowest BCUT2D eigenvalue weighted by atomic mass is 9.84. The van der Waals surface area contributed by atoms with E-state index < -0.39 is 22.8 Å². The number of aromatic nitrogens is 2. The van der Waals surface area contributed by atoms with E-state index in [9.17, 15) is 9.59 Å². The van der Waals surface area contributed by atoms with Crippen LogP contribution >= 0.6 is 46.3 Å². The quantitative estimate of drug-likeness (QED) is 0.129. The van der Waals surface area contributed by atoms with Crippen molar-refractivity contribution in [3.63, 3.8) is 0 Å². The van der Waals surface area contributed by atoms with Crippen molar-refractivity contribution in [3.8, 4) is 0 Å². The van der Waals surface area contributed by atoms with Crippen LogP contribution in [-0.4, -0.2) is 22.0 Å². The number of para-hydroxylation sites is 2. The van der Waals surface area contributed by atoms with Gasteiger partial charge in [-0.25, -0.2) is 0 Å². The topological polar surface area (TPSA) is 96.6 Å². The van der Waals surface area contributed by atoms with Crippen molar-refractivity contribution in [1.29, 1.82) is 0 Å². The number of amides is 2. The predicted molar refractivity (Wildman–Crippen MR) is 185 cm³/mol. The summed E-state index contributed by atoms with van der Waals surface area (Å²) in [4.78, 5) is 47.0. The number of nitrogens with zero attached hydrogens (tertiary/aromatic N) is 4. The monoisotopic (exact) mass is 696 g/mol. The molecular weight excluding hydrogens is 675 g/mol. The van der Waals surface area contributed by atoms with E-state index in [1.54, 1.807) is 53.4 Å². The summed E-state index contributed by atoms with van der Waals surface area (Å²) in [6, 6.07) is 27.1. The van der Waals surface area contributed by atoms with Gasteiger partial charge in [-0.15, -0.1) is 10.2 Å². The molecule has 0 bridgehead atoms. The maximum atomic E-state index is 15.1. The van der Waals surface area contributed by atoms with E-state index >= 15 is 4.79 Å². The van der Waals surface area contributed by atoms with E-state index in [1.807, 2.05) is 49.4 Å². The van der Waals surface area contributed by atoms with Gasteiger partial charge in [0.25, 0.3) is 11.8 Å². The molecule has 2 aliphatic heterocycles. The zero-order valence-electron chi connectivity index (χ0n) is 24.6. The Bertz CT molecular complexity index is 2340. The van der Waals surface area contributed by atoms with Crippen LogP contribution in [0.1, 0.15) is 38.4 Å². The van der Waals surface area contributed by atoms with E-state index in [2.05, 4.69) is 10.2 Å². The number of carbonyl (C=O) groups excluding carboxylic acids is 2. The van der Waals surface area contributed by atoms with Gasteiger partial charge in [-0.1, -0.05) is 113 Å². The van der Waals surface area contributed by atoms with Gasteiger partial charge in [0.2, 0.25) is 10.9 Å². The number of fused-ring (bicyclic) bond motifs is 5. The molecule has 0 saturated heterocycles. The molecule has 47 heavy (non-hydrogen) atoms. The van der Waals surface area contributed by atoms with E-state index in [1.165, 1.54) is 16.7 Å². The average Bonchev–Trinajstić information content (AvgIpc) is 3.70. The molecule has 8 rings (SSSR count). The zero-order chi connectivity index (χ0) is 32.4. The Labute approximate surface area is 286 Å². The molecule has 2 aromatic heterocycles. The summed E-state index contributed by atoms with van der Waals surface area (Å²) in [5.41, 5.74) is 1.81. The summed E-state index contributed by atoms with van der Waals surface area (Å²) in [7, 11) is 0. The first kappa shape index (κ1) is 29.9. The van der Waals surface area contributed by atoms with E-state index in [0.29, 0.717) is 31.4 Å². The molecule has 12 heteroatoms. The number of hydrogen-bond acceptors (Lipinski definition) is 8. The Hall–Kier alpha value is -4.48. The highest BCUT2D eigenvalue weighted by molar-refractivity contribution is 8.00. The first-order valence-corrected chi connectivity index (χ1v) is 17.1. The fourth-order valence-electron chi connectivity index (χ4n) is 6.39. The molecule has 232 valence electrons. The van der Waals surface area contributed by atoms with Crippen molar-refractivity contribution in [3.05, 3.63) is 145 Å². The van der Waals surface area contributed by atoms with Gasteiger partial charge in [-0.05, 0) is 48.4 Å². The molecule has 4 heterocycles. The molecule has 2 aliphatic rings. The largest absolute Gasteiger partial charge is 0.450 e. The SMILES string of the molecule is Cc1cccc(CN2C(=O)C3(c4ccccc42)c2c(oc4ccccc4c2=O)C(=O)N3c2nnc(SCc3ccc(Cl)cc3Cl)s2)c1. The van der Waals surface area contributed by atoms with Crippen LogP contribution in [0.4, 0.5) is 10.8 Å². The molecule has 0 fully saturated rings. The number of benzene rings is 4. The second-order valence-corrected chi connectivity index (χ2v) is 14.3. The Kier molecular flexibility index (Phi) is 7.21. The van der Waals surface area contributed by atoms with Gasteiger partial charge in [-0.2, -0.15) is 0 Å². The van der Waals surface area contributed by atoms with Crippen molar-refractivity contribution < 1.29 is 14.0 Å². The fourth-order valence-corrected chi connectivity index (χ4v) is 8.84. The minimum Gasteiger partial charge on any atom is -0.450 e. The second-order valence-electron chi connectivity index (χ2n) is 11.3. The first-order chi connectivity index (χ1) is 22.8. The molecule has 6 aromatic rings. The van der Waals surface area contributed by atoms with Crippen LogP contribution in [0.15, 0.2) is 105 Å². The minimum absolute atomic E-state index is 0.0252. The highest BCUT2D eigenvalue weighted by Gasteiger charge is 2.66. The number of rotatable bonds is 6. The maximum Gasteiger partial charge on any atom is 0.297 e. The third-order valence-electron chi connectivity index (χ3n) is 8.41. The number of halogens is 2. The Morgan fingerprint density at radius 3 is 2.55 bits per heavy atom. The summed E-state index contributed by atoms with van der Waals surface area (Å²) in [6.45, 7) is 2.22. The van der Waals surface area contributed by atoms with Crippen LogP contribution in [0.2, 0.25) is 10.0 Å². The highest BCUT2D eigenvalue weighted by atomic mass is 35.5. The summed E-state index contributed by atoms with van der Waals surface area (Å²) in [5, 5.41) is 10.3. The van der Waals surface area contributed by atoms with Crippen molar-refractivity contribution in [2.45, 2.75) is 29.1 Å². The molecule has 4 aromatic carbocycles. The van der Waals surface area contributed by atoms with E-state index in [0.717, 1.165) is 28.0 Å². The fraction of sp³-hybridized carbons (Fsp3) is 0.114. The van der Waals surface area contributed by atoms with Gasteiger partial charge in [0.15, 0.2) is 15.3 Å². The Balaban J connectivity index is 1.30. The molecule has 1 spiro atoms. The van der Waals surface area contributed by atoms with Crippen LogP contribution in [-0.2, 0) is 22.6 Å². The second kappa shape index (κ2) is 11.3. The lowest BCUT2D eigenvalue weighted by molar-refractivity contribution is -0.121. The third kappa shape index (κ3) is 4.62. The van der Waals surface area contributed by atoms with Crippen LogP contribution in [0.5, 0.6) is 0 Å². The molecule has 0 N–H and O–H groups in total. The lowest BCUT2D eigenvalue weighted by Gasteiger charge is -2.32. The van der Waals surface area contributed by atoms with Crippen LogP contribution in [0.3, 0.4) is 0 Å². The molecule has 0 saturated carbocycles. The van der Waals surface area contributed by atoms with Gasteiger partial charge in [0, 0.05) is 21.4 Å². The molecule has 1 atom stereocenters. The number of anilines is 2. The van der Waals surface area contributed by atoms with Gasteiger partial charge >= 0.3 is 0 Å².